The lowest BCUT2D eigenvalue weighted by molar-refractivity contribution is 0.0218. The van der Waals surface area contributed by atoms with E-state index in [-0.39, 0.29) is 6.04 Å². The van der Waals surface area contributed by atoms with Crippen molar-refractivity contribution in [2.45, 2.75) is 31.4 Å². The molecule has 0 amide bonds. The van der Waals surface area contributed by atoms with Crippen molar-refractivity contribution in [1.82, 2.24) is 5.32 Å². The molecule has 2 nitrogen and oxygen atoms in total. The van der Waals surface area contributed by atoms with Gasteiger partial charge in [-0.05, 0) is 43.0 Å². The van der Waals surface area contributed by atoms with Crippen molar-refractivity contribution in [1.29, 1.82) is 0 Å². The first kappa shape index (κ1) is 13.3. The number of aliphatic hydroxyl groups is 1. The Kier molecular flexibility index (Phi) is 3.60. The van der Waals surface area contributed by atoms with Crippen LogP contribution in [-0.2, 0) is 5.60 Å². The van der Waals surface area contributed by atoms with E-state index >= 15 is 0 Å². The SMILES string of the molecule is CC(O)(c1ccc(-c2ccccc2)cc1)C1CCCN1. The van der Waals surface area contributed by atoms with Crippen LogP contribution >= 0.6 is 0 Å². The van der Waals surface area contributed by atoms with E-state index in [4.69, 9.17) is 0 Å². The van der Waals surface area contributed by atoms with Crippen molar-refractivity contribution in [3.05, 3.63) is 60.2 Å². The number of hydrogen-bond donors (Lipinski definition) is 2. The van der Waals surface area contributed by atoms with Gasteiger partial charge in [-0.1, -0.05) is 54.6 Å². The van der Waals surface area contributed by atoms with Crippen LogP contribution in [-0.4, -0.2) is 17.7 Å². The van der Waals surface area contributed by atoms with Gasteiger partial charge in [-0.3, -0.25) is 0 Å². The number of rotatable bonds is 3. The minimum atomic E-state index is -0.800. The zero-order valence-electron chi connectivity index (χ0n) is 11.8. The molecule has 1 aliphatic rings. The third-order valence-corrected chi connectivity index (χ3v) is 4.32. The highest BCUT2D eigenvalue weighted by Gasteiger charge is 2.35. The molecule has 1 aliphatic heterocycles. The zero-order chi connectivity index (χ0) is 14.0. The third-order valence-electron chi connectivity index (χ3n) is 4.32. The predicted octanol–water partition coefficient (Wildman–Crippen LogP) is 3.31. The fourth-order valence-corrected chi connectivity index (χ4v) is 3.00. The average molecular weight is 267 g/mol. The molecule has 1 fully saturated rings. The predicted molar refractivity (Wildman–Crippen MR) is 82.5 cm³/mol. The van der Waals surface area contributed by atoms with Gasteiger partial charge in [0.2, 0.25) is 0 Å². The first-order valence-corrected chi connectivity index (χ1v) is 7.29. The Morgan fingerprint density at radius 1 is 1.00 bits per heavy atom. The van der Waals surface area contributed by atoms with Crippen LogP contribution in [0.3, 0.4) is 0 Å². The van der Waals surface area contributed by atoms with Crippen LogP contribution in [0.25, 0.3) is 11.1 Å². The van der Waals surface area contributed by atoms with Crippen molar-refractivity contribution in [2.24, 2.45) is 0 Å². The third kappa shape index (κ3) is 2.49. The van der Waals surface area contributed by atoms with Crippen molar-refractivity contribution in [3.63, 3.8) is 0 Å². The number of hydrogen-bond acceptors (Lipinski definition) is 2. The normalized spacial score (nSPS) is 21.6. The summed E-state index contributed by atoms with van der Waals surface area (Å²) in [4.78, 5) is 0. The molecule has 0 bridgehead atoms. The van der Waals surface area contributed by atoms with Crippen molar-refractivity contribution >= 4 is 0 Å². The summed E-state index contributed by atoms with van der Waals surface area (Å²) >= 11 is 0. The van der Waals surface area contributed by atoms with Crippen LogP contribution in [0.1, 0.15) is 25.3 Å². The van der Waals surface area contributed by atoms with E-state index in [9.17, 15) is 5.11 Å². The first-order chi connectivity index (χ1) is 9.68. The van der Waals surface area contributed by atoms with Crippen molar-refractivity contribution in [3.8, 4) is 11.1 Å². The molecule has 0 aromatic heterocycles. The Hall–Kier alpha value is -1.64. The lowest BCUT2D eigenvalue weighted by atomic mass is 9.86. The van der Waals surface area contributed by atoms with Gasteiger partial charge in [0.1, 0.15) is 5.60 Å². The Labute approximate surface area is 120 Å². The monoisotopic (exact) mass is 267 g/mol. The van der Waals surface area contributed by atoms with Crippen LogP contribution in [0.4, 0.5) is 0 Å². The summed E-state index contributed by atoms with van der Waals surface area (Å²) in [6, 6.07) is 18.7. The van der Waals surface area contributed by atoms with Gasteiger partial charge in [-0.2, -0.15) is 0 Å². The van der Waals surface area contributed by atoms with E-state index < -0.39 is 5.60 Å². The summed E-state index contributed by atoms with van der Waals surface area (Å²) in [5.41, 5.74) is 2.57. The van der Waals surface area contributed by atoms with E-state index in [1.54, 1.807) is 0 Å². The Morgan fingerprint density at radius 3 is 2.25 bits per heavy atom. The molecule has 2 N–H and O–H groups in total. The smallest absolute Gasteiger partial charge is 0.102 e. The summed E-state index contributed by atoms with van der Waals surface area (Å²) in [7, 11) is 0. The fourth-order valence-electron chi connectivity index (χ4n) is 3.00. The maximum absolute atomic E-state index is 10.8. The lowest BCUT2D eigenvalue weighted by Gasteiger charge is -2.31. The Balaban J connectivity index is 1.86. The van der Waals surface area contributed by atoms with Crippen LogP contribution in [0, 0.1) is 0 Å². The fraction of sp³-hybridized carbons (Fsp3) is 0.333. The van der Waals surface area contributed by atoms with Gasteiger partial charge in [0.15, 0.2) is 0 Å². The molecule has 2 atom stereocenters. The molecule has 104 valence electrons. The zero-order valence-corrected chi connectivity index (χ0v) is 11.8. The number of nitrogens with one attached hydrogen (secondary N) is 1. The van der Waals surface area contributed by atoms with E-state index in [2.05, 4.69) is 29.6 Å². The summed E-state index contributed by atoms with van der Waals surface area (Å²) in [5.74, 6) is 0. The van der Waals surface area contributed by atoms with Gasteiger partial charge in [0.25, 0.3) is 0 Å². The molecule has 1 saturated heterocycles. The van der Waals surface area contributed by atoms with E-state index in [1.807, 2.05) is 37.3 Å². The highest BCUT2D eigenvalue weighted by molar-refractivity contribution is 5.63. The molecule has 3 rings (SSSR count). The molecular formula is C18H21NO. The highest BCUT2D eigenvalue weighted by Crippen LogP contribution is 2.31. The molecule has 2 unspecified atom stereocenters. The minimum absolute atomic E-state index is 0.157. The van der Waals surface area contributed by atoms with Gasteiger partial charge < -0.3 is 10.4 Å². The largest absolute Gasteiger partial charge is 0.384 e. The summed E-state index contributed by atoms with van der Waals surface area (Å²) < 4.78 is 0. The molecule has 0 radical (unpaired) electrons. The molecule has 2 heteroatoms. The van der Waals surface area contributed by atoms with Gasteiger partial charge in [-0.25, -0.2) is 0 Å². The highest BCUT2D eigenvalue weighted by atomic mass is 16.3. The molecular weight excluding hydrogens is 246 g/mol. The molecule has 0 aliphatic carbocycles. The van der Waals surface area contributed by atoms with Crippen molar-refractivity contribution < 1.29 is 5.11 Å². The summed E-state index contributed by atoms with van der Waals surface area (Å²) in [6.45, 7) is 2.91. The summed E-state index contributed by atoms with van der Waals surface area (Å²) in [5, 5.41) is 14.2. The van der Waals surface area contributed by atoms with Crippen LogP contribution in [0.2, 0.25) is 0 Å². The van der Waals surface area contributed by atoms with Gasteiger partial charge in [0.05, 0.1) is 0 Å². The number of benzene rings is 2. The topological polar surface area (TPSA) is 32.3 Å². The molecule has 0 saturated carbocycles. The van der Waals surface area contributed by atoms with Gasteiger partial charge in [-0.15, -0.1) is 0 Å². The second kappa shape index (κ2) is 5.39. The van der Waals surface area contributed by atoms with E-state index in [1.165, 1.54) is 11.1 Å². The van der Waals surface area contributed by atoms with E-state index in [0.717, 1.165) is 24.9 Å². The molecule has 2 aromatic rings. The van der Waals surface area contributed by atoms with Gasteiger partial charge >= 0.3 is 0 Å². The molecule has 2 aromatic carbocycles. The average Bonchev–Trinajstić information content (AvgIpc) is 3.03. The maximum atomic E-state index is 10.8. The van der Waals surface area contributed by atoms with Crippen LogP contribution < -0.4 is 5.32 Å². The quantitative estimate of drug-likeness (QED) is 0.894. The summed E-state index contributed by atoms with van der Waals surface area (Å²) in [6.07, 6.45) is 2.18. The van der Waals surface area contributed by atoms with Crippen LogP contribution in [0.5, 0.6) is 0 Å². The first-order valence-electron chi connectivity index (χ1n) is 7.29. The standard InChI is InChI=1S/C18H21NO/c1-18(20,17-8-5-13-19-17)16-11-9-15(10-12-16)14-6-3-2-4-7-14/h2-4,6-7,9-12,17,19-20H,5,8,13H2,1H3. The van der Waals surface area contributed by atoms with Crippen LogP contribution in [0.15, 0.2) is 54.6 Å². The minimum Gasteiger partial charge on any atom is -0.384 e. The van der Waals surface area contributed by atoms with E-state index in [0.29, 0.717) is 0 Å². The van der Waals surface area contributed by atoms with Gasteiger partial charge in [0, 0.05) is 6.04 Å². The Morgan fingerprint density at radius 2 is 1.65 bits per heavy atom. The second-order valence-electron chi connectivity index (χ2n) is 5.74. The maximum Gasteiger partial charge on any atom is 0.102 e. The Bertz CT molecular complexity index is 554. The molecule has 0 spiro atoms. The molecule has 20 heavy (non-hydrogen) atoms. The lowest BCUT2D eigenvalue weighted by Crippen LogP contribution is -2.42. The molecule has 1 heterocycles. The van der Waals surface area contributed by atoms with Crippen molar-refractivity contribution in [2.75, 3.05) is 6.54 Å². The second-order valence-corrected chi connectivity index (χ2v) is 5.74.